The zero-order chi connectivity index (χ0) is 18.4. The van der Waals surface area contributed by atoms with E-state index in [1.54, 1.807) is 31.5 Å². The van der Waals surface area contributed by atoms with Crippen LogP contribution in [0.2, 0.25) is 0 Å². The molecule has 2 aromatic carbocycles. The number of aromatic nitrogens is 1. The number of amides is 1. The summed E-state index contributed by atoms with van der Waals surface area (Å²) in [4.78, 5) is 16.4. The summed E-state index contributed by atoms with van der Waals surface area (Å²) in [6.45, 7) is 0.518. The first-order valence-corrected chi connectivity index (χ1v) is 8.04. The van der Waals surface area contributed by atoms with Crippen LogP contribution in [0, 0.1) is 5.82 Å². The van der Waals surface area contributed by atoms with Crippen LogP contribution in [0.5, 0.6) is 5.75 Å². The zero-order valence-corrected chi connectivity index (χ0v) is 14.2. The first kappa shape index (κ1) is 17.4. The maximum atomic E-state index is 13.7. The van der Waals surface area contributed by atoms with Gasteiger partial charge in [-0.3, -0.25) is 9.78 Å². The van der Waals surface area contributed by atoms with Gasteiger partial charge in [0, 0.05) is 24.5 Å². The van der Waals surface area contributed by atoms with Crippen LogP contribution in [-0.2, 0) is 6.54 Å². The van der Waals surface area contributed by atoms with E-state index < -0.39 is 11.7 Å². The van der Waals surface area contributed by atoms with Crippen LogP contribution in [0.1, 0.15) is 15.9 Å². The summed E-state index contributed by atoms with van der Waals surface area (Å²) in [5.74, 6) is -0.135. The minimum absolute atomic E-state index is 0.130. The number of nitrogens with one attached hydrogen (secondary N) is 2. The first-order chi connectivity index (χ1) is 12.7. The molecule has 0 fully saturated rings. The van der Waals surface area contributed by atoms with Crippen LogP contribution in [-0.4, -0.2) is 18.0 Å². The summed E-state index contributed by atoms with van der Waals surface area (Å²) in [7, 11) is 1.62. The van der Waals surface area contributed by atoms with Gasteiger partial charge in [-0.15, -0.1) is 0 Å². The molecular weight excluding hydrogens is 333 g/mol. The number of carbonyl (C=O) groups excluding carboxylic acids is 1. The molecule has 0 aliphatic carbocycles. The number of hydrogen-bond donors (Lipinski definition) is 2. The molecule has 0 radical (unpaired) electrons. The Morgan fingerprint density at radius 1 is 1.12 bits per heavy atom. The maximum Gasteiger partial charge on any atom is 0.257 e. The van der Waals surface area contributed by atoms with Gasteiger partial charge in [-0.25, -0.2) is 4.39 Å². The minimum Gasteiger partial charge on any atom is -0.496 e. The number of carbonyl (C=O) groups is 1. The van der Waals surface area contributed by atoms with Crippen LogP contribution >= 0.6 is 0 Å². The van der Waals surface area contributed by atoms with Crippen molar-refractivity contribution in [2.45, 2.75) is 6.54 Å². The average molecular weight is 351 g/mol. The second kappa shape index (κ2) is 8.11. The molecular formula is C20H18FN3O2. The predicted molar refractivity (Wildman–Crippen MR) is 98.9 cm³/mol. The molecule has 2 N–H and O–H groups in total. The van der Waals surface area contributed by atoms with Crippen molar-refractivity contribution in [3.8, 4) is 5.75 Å². The van der Waals surface area contributed by atoms with E-state index in [0.717, 1.165) is 11.3 Å². The molecule has 132 valence electrons. The Bertz CT molecular complexity index is 915. The van der Waals surface area contributed by atoms with E-state index in [1.807, 2.05) is 24.3 Å². The highest BCUT2D eigenvalue weighted by molar-refractivity contribution is 6.04. The molecule has 0 bridgehead atoms. The Balaban J connectivity index is 1.70. The highest BCUT2D eigenvalue weighted by Crippen LogP contribution is 2.19. The van der Waals surface area contributed by atoms with Gasteiger partial charge < -0.3 is 15.4 Å². The van der Waals surface area contributed by atoms with E-state index in [2.05, 4.69) is 15.6 Å². The monoisotopic (exact) mass is 351 g/mol. The number of rotatable bonds is 6. The first-order valence-electron chi connectivity index (χ1n) is 8.04. The molecule has 3 rings (SSSR count). The summed E-state index contributed by atoms with van der Waals surface area (Å²) < 4.78 is 19.0. The van der Waals surface area contributed by atoms with Crippen molar-refractivity contribution in [3.63, 3.8) is 0 Å². The number of anilines is 2. The van der Waals surface area contributed by atoms with Gasteiger partial charge >= 0.3 is 0 Å². The second-order valence-corrected chi connectivity index (χ2v) is 5.56. The lowest BCUT2D eigenvalue weighted by atomic mass is 10.2. The largest absolute Gasteiger partial charge is 0.496 e. The van der Waals surface area contributed by atoms with Crippen molar-refractivity contribution in [2.75, 3.05) is 17.7 Å². The fraction of sp³-hybridized carbons (Fsp3) is 0.100. The van der Waals surface area contributed by atoms with Gasteiger partial charge in [-0.05, 0) is 24.3 Å². The number of nitrogens with zero attached hydrogens (tertiary/aromatic N) is 1. The number of para-hydroxylation sites is 2. The molecule has 0 aliphatic heterocycles. The highest BCUT2D eigenvalue weighted by Gasteiger charge is 2.10. The summed E-state index contributed by atoms with van der Waals surface area (Å²) in [5.41, 5.74) is 2.12. The van der Waals surface area contributed by atoms with E-state index in [9.17, 15) is 9.18 Å². The van der Waals surface area contributed by atoms with E-state index in [1.165, 1.54) is 18.3 Å². The normalized spacial score (nSPS) is 10.2. The second-order valence-electron chi connectivity index (χ2n) is 5.56. The molecule has 3 aromatic rings. The van der Waals surface area contributed by atoms with Crippen LogP contribution in [0.3, 0.4) is 0 Å². The van der Waals surface area contributed by atoms with Gasteiger partial charge in [0.15, 0.2) is 0 Å². The van der Waals surface area contributed by atoms with Crippen molar-refractivity contribution in [3.05, 3.63) is 83.9 Å². The molecule has 1 heterocycles. The molecule has 1 aromatic heterocycles. The van der Waals surface area contributed by atoms with E-state index in [0.29, 0.717) is 17.8 Å². The van der Waals surface area contributed by atoms with Crippen LogP contribution in [0.15, 0.2) is 67.0 Å². The van der Waals surface area contributed by atoms with Crippen molar-refractivity contribution < 1.29 is 13.9 Å². The third kappa shape index (κ3) is 4.16. The lowest BCUT2D eigenvalue weighted by Crippen LogP contribution is -2.13. The lowest BCUT2D eigenvalue weighted by Gasteiger charge is -2.11. The smallest absolute Gasteiger partial charge is 0.257 e. The molecule has 5 nitrogen and oxygen atoms in total. The Hall–Kier alpha value is -3.41. The van der Waals surface area contributed by atoms with Gasteiger partial charge in [0.1, 0.15) is 11.6 Å². The zero-order valence-electron chi connectivity index (χ0n) is 14.2. The Kier molecular flexibility index (Phi) is 5.43. The average Bonchev–Trinajstić information content (AvgIpc) is 2.68. The summed E-state index contributed by atoms with van der Waals surface area (Å²) in [5, 5.41) is 5.75. The topological polar surface area (TPSA) is 63.2 Å². The van der Waals surface area contributed by atoms with Gasteiger partial charge in [-0.1, -0.05) is 30.3 Å². The van der Waals surface area contributed by atoms with Crippen molar-refractivity contribution in [1.82, 2.24) is 4.98 Å². The molecule has 0 atom stereocenters. The molecule has 26 heavy (non-hydrogen) atoms. The van der Waals surface area contributed by atoms with E-state index in [4.69, 9.17) is 4.74 Å². The third-order valence-corrected chi connectivity index (χ3v) is 3.80. The van der Waals surface area contributed by atoms with Crippen molar-refractivity contribution in [2.24, 2.45) is 0 Å². The quantitative estimate of drug-likeness (QED) is 0.702. The number of pyridine rings is 1. The molecule has 0 unspecified atom stereocenters. The maximum absolute atomic E-state index is 13.7. The van der Waals surface area contributed by atoms with Gasteiger partial charge in [0.2, 0.25) is 0 Å². The lowest BCUT2D eigenvalue weighted by molar-refractivity contribution is 0.102. The Morgan fingerprint density at radius 2 is 1.88 bits per heavy atom. The highest BCUT2D eigenvalue weighted by atomic mass is 19.1. The van der Waals surface area contributed by atoms with Gasteiger partial charge in [-0.2, -0.15) is 0 Å². The fourth-order valence-corrected chi connectivity index (χ4v) is 2.46. The molecule has 0 saturated carbocycles. The van der Waals surface area contributed by atoms with Crippen LogP contribution < -0.4 is 15.4 Å². The summed E-state index contributed by atoms with van der Waals surface area (Å²) in [6, 6.07) is 15.3. The standard InChI is InChI=1S/C20H18FN3O2/c1-26-19-9-5-2-6-14(19)12-23-16-10-15(11-22-13-16)20(25)24-18-8-4-3-7-17(18)21/h2-11,13,23H,12H2,1H3,(H,24,25). The van der Waals surface area contributed by atoms with Crippen molar-refractivity contribution >= 4 is 17.3 Å². The van der Waals surface area contributed by atoms with Crippen molar-refractivity contribution in [1.29, 1.82) is 0 Å². The summed E-state index contributed by atoms with van der Waals surface area (Å²) in [6.07, 6.45) is 3.06. The third-order valence-electron chi connectivity index (χ3n) is 3.80. The van der Waals surface area contributed by atoms with E-state index in [-0.39, 0.29) is 5.69 Å². The molecule has 0 aliphatic rings. The fourth-order valence-electron chi connectivity index (χ4n) is 2.46. The Morgan fingerprint density at radius 3 is 2.69 bits per heavy atom. The molecule has 1 amide bonds. The van der Waals surface area contributed by atoms with Crippen LogP contribution in [0.4, 0.5) is 15.8 Å². The van der Waals surface area contributed by atoms with Gasteiger partial charge in [0.25, 0.3) is 5.91 Å². The number of benzene rings is 2. The SMILES string of the molecule is COc1ccccc1CNc1cncc(C(=O)Nc2ccccc2F)c1. The molecule has 0 spiro atoms. The minimum atomic E-state index is -0.487. The number of halogens is 1. The number of ether oxygens (including phenoxy) is 1. The number of hydrogen-bond acceptors (Lipinski definition) is 4. The number of methoxy groups -OCH3 is 1. The molecule has 6 heteroatoms. The molecule has 0 saturated heterocycles. The van der Waals surface area contributed by atoms with Crippen LogP contribution in [0.25, 0.3) is 0 Å². The Labute approximate surface area is 150 Å². The van der Waals surface area contributed by atoms with Gasteiger partial charge in [0.05, 0.1) is 24.0 Å². The van der Waals surface area contributed by atoms with E-state index >= 15 is 0 Å². The summed E-state index contributed by atoms with van der Waals surface area (Å²) >= 11 is 0. The predicted octanol–water partition coefficient (Wildman–Crippen LogP) is 4.09.